The molecule has 0 unspecified atom stereocenters. The van der Waals surface area contributed by atoms with Crippen LogP contribution in [0.4, 0.5) is 0 Å². The molecule has 5 heteroatoms. The number of rotatable bonds is 7. The van der Waals surface area contributed by atoms with Crippen LogP contribution in [0, 0.1) is 59.4 Å². The van der Waals surface area contributed by atoms with Crippen molar-refractivity contribution in [1.82, 2.24) is 0 Å². The molecule has 0 N–H and O–H groups in total. The van der Waals surface area contributed by atoms with Gasteiger partial charge in [-0.2, -0.15) is 0 Å². The molecule has 0 aliphatic heterocycles. The quantitative estimate of drug-likeness (QED) is 0.194. The lowest BCUT2D eigenvalue weighted by Gasteiger charge is -2.46. The number of hydrogen-bond donors (Lipinski definition) is 0. The maximum Gasteiger partial charge on any atom is 0.341 e. The van der Waals surface area contributed by atoms with Gasteiger partial charge in [-0.3, -0.25) is 0 Å². The van der Waals surface area contributed by atoms with Gasteiger partial charge in [-0.05, 0) is 41.8 Å². The standard InChI is InChI=1S/C25H27Cl3Si2/c1-18-16-20-10-4-6-12-22(20)24(18)29(3,14-8-9-15-30(26,27)28)25-19(2)17-21-11-5-7-13-23(21)25/h4-7,10-13,16-17H,8-9,14-15H2,1-3H3. The number of hydrogen-bond acceptors (Lipinski definition) is 0. The molecule has 0 aromatic carbocycles. The fourth-order valence-electron chi connectivity index (χ4n) is 5.38. The van der Waals surface area contributed by atoms with Gasteiger partial charge in [-0.1, -0.05) is 87.9 Å². The summed E-state index contributed by atoms with van der Waals surface area (Å²) >= 11 is 18.5. The van der Waals surface area contributed by atoms with Crippen LogP contribution in [0.5, 0.6) is 0 Å². The highest BCUT2D eigenvalue weighted by atomic mass is 35.8. The molecular weight excluding hydrogens is 463 g/mol. The summed E-state index contributed by atoms with van der Waals surface area (Å²) in [4.78, 5) is 0. The second kappa shape index (κ2) is 9.25. The van der Waals surface area contributed by atoms with Crippen LogP contribution in [0.1, 0.15) is 26.7 Å². The van der Waals surface area contributed by atoms with Gasteiger partial charge < -0.3 is 0 Å². The van der Waals surface area contributed by atoms with Crippen LogP contribution in [0.2, 0.25) is 18.6 Å². The van der Waals surface area contributed by atoms with E-state index in [1.165, 1.54) is 41.6 Å². The molecular formula is C25H27Cl3Si2. The molecule has 2 saturated carbocycles. The molecule has 2 fully saturated rings. The highest BCUT2D eigenvalue weighted by Crippen LogP contribution is 2.62. The van der Waals surface area contributed by atoms with Crippen molar-refractivity contribution in [3.8, 4) is 0 Å². The smallest absolute Gasteiger partial charge is 0.126 e. The Morgan fingerprint density at radius 2 is 1.10 bits per heavy atom. The summed E-state index contributed by atoms with van der Waals surface area (Å²) in [6, 6.07) is -0.651. The lowest BCUT2D eigenvalue weighted by Crippen LogP contribution is -2.50. The van der Waals surface area contributed by atoms with E-state index in [1.54, 1.807) is 11.1 Å². The summed E-state index contributed by atoms with van der Waals surface area (Å²) in [5.74, 6) is 8.39. The number of fused-ring (bicyclic) bond motifs is 2. The highest BCUT2D eigenvalue weighted by molar-refractivity contribution is 7.64. The number of allylic oxidation sites excluding steroid dienone is 8. The van der Waals surface area contributed by atoms with E-state index < -0.39 is 14.1 Å². The molecule has 30 heavy (non-hydrogen) atoms. The minimum atomic E-state index is -2.56. The van der Waals surface area contributed by atoms with Gasteiger partial charge in [0.15, 0.2) is 0 Å². The minimum Gasteiger partial charge on any atom is -0.126 e. The maximum absolute atomic E-state index is 6.17. The normalized spacial score (nSPS) is 25.7. The average Bonchev–Trinajstić information content (AvgIpc) is 3.20. The molecule has 0 atom stereocenters. The molecule has 4 aliphatic rings. The van der Waals surface area contributed by atoms with Crippen molar-refractivity contribution in [2.45, 2.75) is 45.3 Å². The van der Waals surface area contributed by atoms with Crippen molar-refractivity contribution in [3.63, 3.8) is 0 Å². The van der Waals surface area contributed by atoms with Gasteiger partial charge in [0.2, 0.25) is 0 Å². The zero-order valence-electron chi connectivity index (χ0n) is 17.7. The van der Waals surface area contributed by atoms with Crippen LogP contribution in [0.3, 0.4) is 0 Å². The lowest BCUT2D eigenvalue weighted by molar-refractivity contribution is 0.850. The van der Waals surface area contributed by atoms with E-state index in [0.29, 0.717) is 0 Å². The molecule has 0 spiro atoms. The summed E-state index contributed by atoms with van der Waals surface area (Å²) in [6.07, 6.45) is 24.5. The molecule has 0 saturated heterocycles. The largest absolute Gasteiger partial charge is 0.341 e. The van der Waals surface area contributed by atoms with Gasteiger partial charge >= 0.3 is 6.00 Å². The van der Waals surface area contributed by atoms with Crippen molar-refractivity contribution in [2.24, 2.45) is 0 Å². The van der Waals surface area contributed by atoms with E-state index in [9.17, 15) is 0 Å². The molecule has 4 aliphatic carbocycles. The van der Waals surface area contributed by atoms with Crippen molar-refractivity contribution < 1.29 is 0 Å². The van der Waals surface area contributed by atoms with E-state index in [1.807, 2.05) is 0 Å². The van der Waals surface area contributed by atoms with Crippen LogP contribution in [0.15, 0.2) is 48.6 Å². The molecule has 4 rings (SSSR count). The first-order valence-electron chi connectivity index (χ1n) is 10.6. The fourth-order valence-corrected chi connectivity index (χ4v) is 12.5. The Morgan fingerprint density at radius 3 is 1.57 bits per heavy atom. The van der Waals surface area contributed by atoms with Crippen molar-refractivity contribution in [2.75, 3.05) is 0 Å². The second-order valence-corrected chi connectivity index (χ2v) is 22.2. The third kappa shape index (κ3) is 4.64. The third-order valence-electron chi connectivity index (χ3n) is 6.48. The SMILES string of the molecule is C[C]1[CH][C]2C=CC=C[C]2[C]1[Si](C)(CCCC[Si](Cl)(Cl)Cl)[C]1[C](C)[CH][C]2C=CC=C[C]21. The summed E-state index contributed by atoms with van der Waals surface area (Å²) in [7, 11) is -2.03. The lowest BCUT2D eigenvalue weighted by atomic mass is 9.91. The summed E-state index contributed by atoms with van der Waals surface area (Å²) in [6.45, 7) is 7.13. The number of unbranched alkanes of at least 4 members (excludes halogenated alkanes) is 1. The van der Waals surface area contributed by atoms with Crippen LogP contribution < -0.4 is 0 Å². The number of halogens is 3. The molecule has 0 amide bonds. The summed E-state index contributed by atoms with van der Waals surface area (Å²) < 4.78 is 0. The zero-order chi connectivity index (χ0) is 21.5. The maximum atomic E-state index is 6.17. The molecule has 10 radical (unpaired) electrons. The van der Waals surface area contributed by atoms with Gasteiger partial charge in [0, 0.05) is 23.7 Å². The molecule has 0 heterocycles. The Morgan fingerprint density at radius 1 is 0.667 bits per heavy atom. The highest BCUT2D eigenvalue weighted by Gasteiger charge is 2.59. The fraction of sp³-hybridized carbons (Fsp3) is 0.280. The van der Waals surface area contributed by atoms with E-state index in [4.69, 9.17) is 33.2 Å². The van der Waals surface area contributed by atoms with Crippen LogP contribution >= 0.6 is 33.2 Å². The van der Waals surface area contributed by atoms with E-state index in [-0.39, 0.29) is 0 Å². The predicted molar refractivity (Wildman–Crippen MR) is 136 cm³/mol. The van der Waals surface area contributed by atoms with Gasteiger partial charge in [-0.15, -0.1) is 33.2 Å². The summed E-state index contributed by atoms with van der Waals surface area (Å²) in [5.41, 5.74) is 3.17. The average molecular weight is 490 g/mol. The minimum absolute atomic E-state index is 0.740. The van der Waals surface area contributed by atoms with Crippen LogP contribution in [0.25, 0.3) is 0 Å². The van der Waals surface area contributed by atoms with Gasteiger partial charge in [-0.25, -0.2) is 0 Å². The Balaban J connectivity index is 1.63. The Hall–Kier alpha value is 0.264. The molecule has 0 nitrogen and oxygen atoms in total. The Bertz CT molecular complexity index is 687. The monoisotopic (exact) mass is 488 g/mol. The molecule has 0 aromatic heterocycles. The first-order chi connectivity index (χ1) is 14.2. The first-order valence-corrected chi connectivity index (χ1v) is 18.5. The predicted octanol–water partition coefficient (Wildman–Crippen LogP) is 7.90. The van der Waals surface area contributed by atoms with Gasteiger partial charge in [0.05, 0.1) is 8.07 Å². The zero-order valence-corrected chi connectivity index (χ0v) is 22.0. The van der Waals surface area contributed by atoms with Gasteiger partial charge in [0.25, 0.3) is 0 Å². The second-order valence-electron chi connectivity index (χ2n) is 8.73. The molecule has 156 valence electrons. The van der Waals surface area contributed by atoms with Crippen LogP contribution in [-0.4, -0.2) is 14.1 Å². The van der Waals surface area contributed by atoms with E-state index in [0.717, 1.165) is 18.9 Å². The summed E-state index contributed by atoms with van der Waals surface area (Å²) in [5, 5.41) is 0. The third-order valence-corrected chi connectivity index (χ3v) is 14.0. The van der Waals surface area contributed by atoms with Crippen molar-refractivity contribution in [1.29, 1.82) is 0 Å². The van der Waals surface area contributed by atoms with Crippen LogP contribution in [-0.2, 0) is 0 Å². The van der Waals surface area contributed by atoms with Crippen molar-refractivity contribution >= 4 is 47.3 Å². The van der Waals surface area contributed by atoms with E-state index >= 15 is 0 Å². The Labute approximate surface area is 200 Å². The van der Waals surface area contributed by atoms with Crippen molar-refractivity contribution in [3.05, 3.63) is 108 Å². The Kier molecular flexibility index (Phi) is 7.22. The topological polar surface area (TPSA) is 0 Å². The first kappa shape index (κ1) is 23.4. The molecule has 0 bridgehead atoms. The van der Waals surface area contributed by atoms with E-state index in [2.05, 4.69) is 81.8 Å². The van der Waals surface area contributed by atoms with Gasteiger partial charge in [0.1, 0.15) is 0 Å². The molecule has 0 aromatic rings.